The Morgan fingerprint density at radius 2 is 1.92 bits per heavy atom. The fourth-order valence-electron chi connectivity index (χ4n) is 2.67. The summed E-state index contributed by atoms with van der Waals surface area (Å²) in [5.74, 6) is 0.213. The van der Waals surface area contributed by atoms with Crippen molar-refractivity contribution in [2.24, 2.45) is 0 Å². The number of imide groups is 1. The molecule has 3 rings (SSSR count). The lowest BCUT2D eigenvalue weighted by Gasteiger charge is -2.19. The first kappa shape index (κ1) is 16.4. The topological polar surface area (TPSA) is 84.2 Å². The maximum Gasteiger partial charge on any atom is 0.332 e. The molecule has 0 aliphatic carbocycles. The van der Waals surface area contributed by atoms with E-state index in [1.807, 2.05) is 6.92 Å². The minimum absolute atomic E-state index is 0.0547. The number of aromatic nitrogens is 4. The van der Waals surface area contributed by atoms with Gasteiger partial charge in [0.05, 0.1) is 6.54 Å². The molecule has 9 heteroatoms. The largest absolute Gasteiger partial charge is 0.332 e. The van der Waals surface area contributed by atoms with Crippen LogP contribution in [0.1, 0.15) is 26.1 Å². The predicted octanol–water partition coefficient (Wildman–Crippen LogP) is 2.09. The molecule has 0 unspecified atom stereocenters. The summed E-state index contributed by atoms with van der Waals surface area (Å²) < 4.78 is 1.61. The molecular weight excluding hydrogens is 332 g/mol. The van der Waals surface area contributed by atoms with Crippen molar-refractivity contribution in [2.45, 2.75) is 39.4 Å². The number of urea groups is 1. The Morgan fingerprint density at radius 1 is 1.21 bits per heavy atom. The standard InChI is InChI=1S/C15H17ClN6O2/c1-3-8-21-13(17-18-19-21)9-20-14(23)10(2)22(15(20)24)12-6-4-11(16)5-7-12/h4-7,10H,3,8-9H2,1-2H3/t10-/m1/s1. The van der Waals surface area contributed by atoms with Gasteiger partial charge in [0.2, 0.25) is 0 Å². The fraction of sp³-hybridized carbons (Fsp3) is 0.400. The number of carbonyl (C=O) groups excluding carboxylic acids is 2. The summed E-state index contributed by atoms with van der Waals surface area (Å²) in [6, 6.07) is 5.83. The SMILES string of the molecule is CCCn1nnnc1CN1C(=O)[C@@H](C)N(c2ccc(Cl)cc2)C1=O. The highest BCUT2D eigenvalue weighted by Crippen LogP contribution is 2.27. The summed E-state index contributed by atoms with van der Waals surface area (Å²) in [4.78, 5) is 27.9. The number of nitrogens with zero attached hydrogens (tertiary/aromatic N) is 6. The smallest absolute Gasteiger partial charge is 0.282 e. The number of rotatable bonds is 5. The van der Waals surface area contributed by atoms with Gasteiger partial charge in [-0.15, -0.1) is 5.10 Å². The molecule has 0 bridgehead atoms. The van der Waals surface area contributed by atoms with E-state index in [0.717, 1.165) is 6.42 Å². The molecule has 24 heavy (non-hydrogen) atoms. The molecule has 0 radical (unpaired) electrons. The second-order valence-corrected chi connectivity index (χ2v) is 5.98. The van der Waals surface area contributed by atoms with Crippen LogP contribution in [0.4, 0.5) is 10.5 Å². The number of tetrazole rings is 1. The fourth-order valence-corrected chi connectivity index (χ4v) is 2.80. The lowest BCUT2D eigenvalue weighted by Crippen LogP contribution is -2.34. The third kappa shape index (κ3) is 2.84. The van der Waals surface area contributed by atoms with Crippen LogP contribution in [0.3, 0.4) is 0 Å². The van der Waals surface area contributed by atoms with Crippen LogP contribution in [-0.2, 0) is 17.9 Å². The highest BCUT2D eigenvalue weighted by molar-refractivity contribution is 6.30. The van der Waals surface area contributed by atoms with Crippen molar-refractivity contribution in [3.05, 3.63) is 35.1 Å². The van der Waals surface area contributed by atoms with Gasteiger partial charge in [-0.3, -0.25) is 14.6 Å². The van der Waals surface area contributed by atoms with Crippen molar-refractivity contribution >= 4 is 29.2 Å². The molecule has 1 aliphatic rings. The molecule has 1 aliphatic heterocycles. The molecule has 0 saturated carbocycles. The van der Waals surface area contributed by atoms with E-state index in [0.29, 0.717) is 23.1 Å². The zero-order chi connectivity index (χ0) is 17.3. The number of hydrogen-bond donors (Lipinski definition) is 0. The molecule has 1 fully saturated rings. The van der Waals surface area contributed by atoms with Crippen LogP contribution in [0, 0.1) is 0 Å². The minimum Gasteiger partial charge on any atom is -0.282 e. The first-order valence-electron chi connectivity index (χ1n) is 7.68. The third-order valence-electron chi connectivity index (χ3n) is 3.89. The molecular formula is C15H17ClN6O2. The van der Waals surface area contributed by atoms with Crippen LogP contribution < -0.4 is 4.90 Å². The van der Waals surface area contributed by atoms with Gasteiger partial charge in [0.15, 0.2) is 5.82 Å². The quantitative estimate of drug-likeness (QED) is 0.772. The summed E-state index contributed by atoms with van der Waals surface area (Å²) in [6.07, 6.45) is 0.854. The average molecular weight is 349 g/mol. The van der Waals surface area contributed by atoms with Crippen LogP contribution in [0.5, 0.6) is 0 Å². The van der Waals surface area contributed by atoms with Crippen molar-refractivity contribution in [3.8, 4) is 0 Å². The van der Waals surface area contributed by atoms with E-state index < -0.39 is 6.04 Å². The van der Waals surface area contributed by atoms with Gasteiger partial charge >= 0.3 is 6.03 Å². The molecule has 2 heterocycles. The molecule has 1 aromatic carbocycles. The van der Waals surface area contributed by atoms with E-state index in [1.165, 1.54) is 9.80 Å². The zero-order valence-corrected chi connectivity index (χ0v) is 14.1. The Labute approximate surface area is 144 Å². The third-order valence-corrected chi connectivity index (χ3v) is 4.15. The Bertz CT molecular complexity index is 760. The molecule has 8 nitrogen and oxygen atoms in total. The van der Waals surface area contributed by atoms with Crippen LogP contribution in [0.25, 0.3) is 0 Å². The Morgan fingerprint density at radius 3 is 2.58 bits per heavy atom. The first-order chi connectivity index (χ1) is 11.5. The second-order valence-electron chi connectivity index (χ2n) is 5.55. The summed E-state index contributed by atoms with van der Waals surface area (Å²) in [6.45, 7) is 4.39. The van der Waals surface area contributed by atoms with Gasteiger partial charge in [0, 0.05) is 17.3 Å². The molecule has 1 atom stereocenters. The van der Waals surface area contributed by atoms with Crippen LogP contribution in [0.2, 0.25) is 5.02 Å². The molecule has 2 aromatic rings. The Balaban J connectivity index is 1.85. The average Bonchev–Trinajstić information content (AvgIpc) is 3.08. The number of amides is 3. The van der Waals surface area contributed by atoms with Crippen molar-refractivity contribution in [1.29, 1.82) is 0 Å². The van der Waals surface area contributed by atoms with Gasteiger partial charge in [-0.05, 0) is 48.0 Å². The highest BCUT2D eigenvalue weighted by Gasteiger charge is 2.43. The van der Waals surface area contributed by atoms with Crippen molar-refractivity contribution in [3.63, 3.8) is 0 Å². The lowest BCUT2D eigenvalue weighted by atomic mass is 10.2. The van der Waals surface area contributed by atoms with Gasteiger partial charge in [-0.2, -0.15) is 0 Å². The van der Waals surface area contributed by atoms with Crippen LogP contribution in [0.15, 0.2) is 24.3 Å². The predicted molar refractivity (Wildman–Crippen MR) is 87.4 cm³/mol. The molecule has 1 aromatic heterocycles. The summed E-state index contributed by atoms with van der Waals surface area (Å²) in [7, 11) is 0. The lowest BCUT2D eigenvalue weighted by molar-refractivity contribution is -0.127. The van der Waals surface area contributed by atoms with Crippen LogP contribution in [-0.4, -0.2) is 43.1 Å². The highest BCUT2D eigenvalue weighted by atomic mass is 35.5. The summed E-state index contributed by atoms with van der Waals surface area (Å²) in [5.41, 5.74) is 0.626. The van der Waals surface area contributed by atoms with Gasteiger partial charge in [0.1, 0.15) is 6.04 Å². The van der Waals surface area contributed by atoms with E-state index in [4.69, 9.17) is 11.6 Å². The number of carbonyl (C=O) groups is 2. The second kappa shape index (κ2) is 6.56. The van der Waals surface area contributed by atoms with E-state index in [1.54, 1.807) is 35.9 Å². The van der Waals surface area contributed by atoms with E-state index in [-0.39, 0.29) is 18.5 Å². The normalized spacial score (nSPS) is 17.9. The van der Waals surface area contributed by atoms with Crippen molar-refractivity contribution < 1.29 is 9.59 Å². The summed E-state index contributed by atoms with van der Waals surface area (Å²) in [5, 5.41) is 12.0. The van der Waals surface area contributed by atoms with Gasteiger partial charge in [0.25, 0.3) is 5.91 Å². The van der Waals surface area contributed by atoms with E-state index in [9.17, 15) is 9.59 Å². The minimum atomic E-state index is -0.589. The number of benzene rings is 1. The Hall–Kier alpha value is -2.48. The maximum atomic E-state index is 12.7. The summed E-state index contributed by atoms with van der Waals surface area (Å²) >= 11 is 5.88. The molecule has 0 N–H and O–H groups in total. The first-order valence-corrected chi connectivity index (χ1v) is 8.06. The number of anilines is 1. The number of halogens is 1. The Kier molecular flexibility index (Phi) is 4.48. The maximum absolute atomic E-state index is 12.7. The van der Waals surface area contributed by atoms with Gasteiger partial charge in [-0.1, -0.05) is 18.5 Å². The van der Waals surface area contributed by atoms with E-state index in [2.05, 4.69) is 15.5 Å². The number of hydrogen-bond acceptors (Lipinski definition) is 5. The van der Waals surface area contributed by atoms with Crippen molar-refractivity contribution in [1.82, 2.24) is 25.1 Å². The van der Waals surface area contributed by atoms with Crippen LogP contribution >= 0.6 is 11.6 Å². The molecule has 3 amide bonds. The van der Waals surface area contributed by atoms with Gasteiger partial charge < -0.3 is 0 Å². The zero-order valence-electron chi connectivity index (χ0n) is 13.4. The molecule has 0 spiro atoms. The monoisotopic (exact) mass is 348 g/mol. The molecule has 126 valence electrons. The number of aryl methyl sites for hydroxylation is 1. The molecule has 1 saturated heterocycles. The van der Waals surface area contributed by atoms with E-state index >= 15 is 0 Å². The van der Waals surface area contributed by atoms with Gasteiger partial charge in [-0.25, -0.2) is 9.48 Å². The van der Waals surface area contributed by atoms with Crippen molar-refractivity contribution in [2.75, 3.05) is 4.90 Å².